The summed E-state index contributed by atoms with van der Waals surface area (Å²) in [5, 5.41) is 18.9. The first-order chi connectivity index (χ1) is 7.65. The number of methoxy groups -OCH3 is 1. The van der Waals surface area contributed by atoms with Crippen LogP contribution in [0.4, 0.5) is 0 Å². The van der Waals surface area contributed by atoms with Crippen LogP contribution in [0.15, 0.2) is 18.2 Å². The third kappa shape index (κ3) is 1.65. The van der Waals surface area contributed by atoms with Gasteiger partial charge in [-0.05, 0) is 24.5 Å². The van der Waals surface area contributed by atoms with Gasteiger partial charge in [-0.2, -0.15) is 0 Å². The van der Waals surface area contributed by atoms with E-state index in [2.05, 4.69) is 0 Å². The van der Waals surface area contributed by atoms with E-state index in [4.69, 9.17) is 9.84 Å². The lowest BCUT2D eigenvalue weighted by Gasteiger charge is -2.28. The zero-order chi connectivity index (χ0) is 11.7. The third-order valence-corrected chi connectivity index (χ3v) is 3.05. The summed E-state index contributed by atoms with van der Waals surface area (Å²) >= 11 is 0. The number of aliphatic hydroxyl groups is 1. The van der Waals surface area contributed by atoms with Crippen molar-refractivity contribution in [1.29, 1.82) is 0 Å². The summed E-state index contributed by atoms with van der Waals surface area (Å²) in [6.45, 7) is 0. The Hall–Kier alpha value is -1.55. The maximum absolute atomic E-state index is 11.2. The van der Waals surface area contributed by atoms with Crippen molar-refractivity contribution in [3.8, 4) is 5.75 Å². The number of fused-ring (bicyclic) bond motifs is 1. The summed E-state index contributed by atoms with van der Waals surface area (Å²) in [6.07, 6.45) is 0.343. The average Bonchev–Trinajstić information content (AvgIpc) is 2.27. The number of aliphatic hydroxyl groups excluding tert-OH is 1. The molecule has 86 valence electrons. The van der Waals surface area contributed by atoms with Gasteiger partial charge in [0.1, 0.15) is 11.7 Å². The molecular formula is C12H14O4. The van der Waals surface area contributed by atoms with E-state index in [9.17, 15) is 9.90 Å². The van der Waals surface area contributed by atoms with Crippen molar-refractivity contribution < 1.29 is 19.7 Å². The lowest BCUT2D eigenvalue weighted by atomic mass is 9.80. The highest BCUT2D eigenvalue weighted by molar-refractivity contribution is 5.79. The molecule has 0 spiro atoms. The topological polar surface area (TPSA) is 66.8 Å². The van der Waals surface area contributed by atoms with E-state index in [1.165, 1.54) is 7.11 Å². The van der Waals surface area contributed by atoms with Crippen LogP contribution in [0.1, 0.15) is 23.5 Å². The molecule has 0 heterocycles. The Kier molecular flexibility index (Phi) is 2.83. The Labute approximate surface area is 93.5 Å². The minimum atomic E-state index is -1.00. The average molecular weight is 222 g/mol. The van der Waals surface area contributed by atoms with Crippen molar-refractivity contribution in [2.24, 2.45) is 0 Å². The van der Waals surface area contributed by atoms with E-state index in [0.717, 1.165) is 5.56 Å². The molecule has 0 bridgehead atoms. The number of aryl methyl sites for hydroxylation is 1. The van der Waals surface area contributed by atoms with Crippen molar-refractivity contribution in [2.45, 2.75) is 24.9 Å². The van der Waals surface area contributed by atoms with E-state index in [0.29, 0.717) is 24.2 Å². The molecule has 16 heavy (non-hydrogen) atoms. The van der Waals surface area contributed by atoms with Crippen molar-refractivity contribution in [2.75, 3.05) is 7.11 Å². The summed E-state index contributed by atoms with van der Waals surface area (Å²) in [7, 11) is 1.51. The molecule has 0 amide bonds. The first kappa shape index (κ1) is 11.0. The molecule has 0 saturated heterocycles. The van der Waals surface area contributed by atoms with Crippen LogP contribution in [-0.4, -0.2) is 29.4 Å². The van der Waals surface area contributed by atoms with Crippen molar-refractivity contribution in [1.82, 2.24) is 0 Å². The zero-order valence-electron chi connectivity index (χ0n) is 9.01. The minimum Gasteiger partial charge on any atom is -0.496 e. The molecule has 4 heteroatoms. The highest BCUT2D eigenvalue weighted by atomic mass is 16.5. The SMILES string of the molecule is COc1cccc2c1C(C(=O)O)C(O)CC2. The van der Waals surface area contributed by atoms with Crippen molar-refractivity contribution >= 4 is 5.97 Å². The molecule has 1 aromatic rings. The first-order valence-corrected chi connectivity index (χ1v) is 5.21. The molecule has 2 rings (SSSR count). The van der Waals surface area contributed by atoms with E-state index < -0.39 is 18.0 Å². The Bertz CT molecular complexity index is 399. The Morgan fingerprint density at radius 3 is 2.88 bits per heavy atom. The fraction of sp³-hybridized carbons (Fsp3) is 0.417. The van der Waals surface area contributed by atoms with Crippen LogP contribution in [0, 0.1) is 0 Å². The second-order valence-corrected chi connectivity index (χ2v) is 3.96. The second-order valence-electron chi connectivity index (χ2n) is 3.96. The van der Waals surface area contributed by atoms with Gasteiger partial charge in [0.25, 0.3) is 0 Å². The van der Waals surface area contributed by atoms with E-state index in [1.54, 1.807) is 6.07 Å². The number of ether oxygens (including phenoxy) is 1. The number of hydrogen-bond donors (Lipinski definition) is 2. The number of carbonyl (C=O) groups is 1. The fourth-order valence-corrected chi connectivity index (χ4v) is 2.29. The predicted octanol–water partition coefficient (Wildman–Crippen LogP) is 1.17. The summed E-state index contributed by atoms with van der Waals surface area (Å²) in [5.41, 5.74) is 1.58. The van der Waals surface area contributed by atoms with Gasteiger partial charge in [-0.15, -0.1) is 0 Å². The van der Waals surface area contributed by atoms with Gasteiger partial charge in [0.05, 0.1) is 13.2 Å². The maximum Gasteiger partial charge on any atom is 0.313 e. The summed E-state index contributed by atoms with van der Waals surface area (Å²) in [6, 6.07) is 5.46. The van der Waals surface area contributed by atoms with Gasteiger partial charge >= 0.3 is 5.97 Å². The molecule has 0 fully saturated rings. The van der Waals surface area contributed by atoms with Crippen molar-refractivity contribution in [3.63, 3.8) is 0 Å². The molecule has 2 atom stereocenters. The quantitative estimate of drug-likeness (QED) is 0.788. The normalized spacial score (nSPS) is 23.6. The van der Waals surface area contributed by atoms with Crippen LogP contribution < -0.4 is 4.74 Å². The van der Waals surface area contributed by atoms with Gasteiger partial charge in [-0.3, -0.25) is 4.79 Å². The van der Waals surface area contributed by atoms with Gasteiger partial charge in [0.15, 0.2) is 0 Å². The first-order valence-electron chi connectivity index (χ1n) is 5.21. The number of carboxylic acid groups (broad SMARTS) is 1. The minimum absolute atomic E-state index is 0.483. The predicted molar refractivity (Wildman–Crippen MR) is 57.7 cm³/mol. The van der Waals surface area contributed by atoms with Crippen LogP contribution in [0.25, 0.3) is 0 Å². The molecule has 2 N–H and O–H groups in total. The molecule has 0 radical (unpaired) electrons. The lowest BCUT2D eigenvalue weighted by molar-refractivity contribution is -0.142. The van der Waals surface area contributed by atoms with Gasteiger partial charge < -0.3 is 14.9 Å². The molecule has 4 nitrogen and oxygen atoms in total. The van der Waals surface area contributed by atoms with Crippen molar-refractivity contribution in [3.05, 3.63) is 29.3 Å². The number of carboxylic acids is 1. The van der Waals surface area contributed by atoms with E-state index in [1.807, 2.05) is 12.1 Å². The number of rotatable bonds is 2. The highest BCUT2D eigenvalue weighted by Crippen LogP contribution is 2.38. The molecule has 1 aromatic carbocycles. The molecule has 1 aliphatic carbocycles. The van der Waals surface area contributed by atoms with Crippen LogP contribution in [0.5, 0.6) is 5.75 Å². The highest BCUT2D eigenvalue weighted by Gasteiger charge is 2.35. The molecular weight excluding hydrogens is 208 g/mol. The van der Waals surface area contributed by atoms with Gasteiger partial charge in [0.2, 0.25) is 0 Å². The summed E-state index contributed by atoms with van der Waals surface area (Å²) in [4.78, 5) is 11.2. The molecule has 0 aromatic heterocycles. The van der Waals surface area contributed by atoms with Crippen LogP contribution in [0.2, 0.25) is 0 Å². The largest absolute Gasteiger partial charge is 0.496 e. The van der Waals surface area contributed by atoms with Gasteiger partial charge in [-0.1, -0.05) is 12.1 Å². The summed E-state index contributed by atoms with van der Waals surface area (Å²) in [5.74, 6) is -1.33. The standard InChI is InChI=1S/C12H14O4/c1-16-9-4-2-3-7-5-6-8(13)11(10(7)9)12(14)15/h2-4,8,11,13H,5-6H2,1H3,(H,14,15). The lowest BCUT2D eigenvalue weighted by Crippen LogP contribution is -2.31. The Morgan fingerprint density at radius 2 is 2.25 bits per heavy atom. The Morgan fingerprint density at radius 1 is 1.50 bits per heavy atom. The summed E-state index contributed by atoms with van der Waals surface area (Å²) < 4.78 is 5.17. The molecule has 0 aliphatic heterocycles. The van der Waals surface area contributed by atoms with Crippen LogP contribution in [-0.2, 0) is 11.2 Å². The zero-order valence-corrected chi connectivity index (χ0v) is 9.01. The smallest absolute Gasteiger partial charge is 0.313 e. The monoisotopic (exact) mass is 222 g/mol. The molecule has 2 unspecified atom stereocenters. The van der Waals surface area contributed by atoms with Crippen LogP contribution >= 0.6 is 0 Å². The van der Waals surface area contributed by atoms with Crippen LogP contribution in [0.3, 0.4) is 0 Å². The van der Waals surface area contributed by atoms with E-state index in [-0.39, 0.29) is 0 Å². The molecule has 0 saturated carbocycles. The number of benzene rings is 1. The Balaban J connectivity index is 2.56. The van der Waals surface area contributed by atoms with Gasteiger partial charge in [0, 0.05) is 5.56 Å². The maximum atomic E-state index is 11.2. The van der Waals surface area contributed by atoms with E-state index >= 15 is 0 Å². The fourth-order valence-electron chi connectivity index (χ4n) is 2.29. The van der Waals surface area contributed by atoms with Gasteiger partial charge in [-0.25, -0.2) is 0 Å². The number of hydrogen-bond acceptors (Lipinski definition) is 3. The molecule has 1 aliphatic rings. The second kappa shape index (κ2) is 4.14. The number of aliphatic carboxylic acids is 1. The third-order valence-electron chi connectivity index (χ3n) is 3.05.